The van der Waals surface area contributed by atoms with E-state index in [-0.39, 0.29) is 5.75 Å². The molecule has 0 unspecified atom stereocenters. The third kappa shape index (κ3) is 4.73. The summed E-state index contributed by atoms with van der Waals surface area (Å²) in [5, 5.41) is 13.3. The standard InChI is InChI=1S/C25H18N2.C6H5FO/c1-17-14-20(24-22-8-4-2-6-18(22)10-12-26-24)16-21(15-17)25-23-9-5-3-7-19(23)11-13-27-25;7-5-3-1-2-4-6(5)8/h2-16H,1H3;1-4,8H. The highest BCUT2D eigenvalue weighted by atomic mass is 19.1. The molecule has 0 aliphatic carbocycles. The van der Waals surface area contributed by atoms with Crippen molar-refractivity contribution in [2.24, 2.45) is 0 Å². The van der Waals surface area contributed by atoms with Crippen LogP contribution in [0.2, 0.25) is 0 Å². The summed E-state index contributed by atoms with van der Waals surface area (Å²) in [6, 6.07) is 33.1. The normalized spacial score (nSPS) is 10.7. The Morgan fingerprint density at radius 2 is 1.09 bits per heavy atom. The molecule has 0 aliphatic rings. The molecule has 0 saturated heterocycles. The third-order valence-electron chi connectivity index (χ3n) is 5.82. The van der Waals surface area contributed by atoms with Crippen molar-refractivity contribution in [3.63, 3.8) is 0 Å². The number of aromatic hydroxyl groups is 1. The second-order valence-corrected chi connectivity index (χ2v) is 8.30. The van der Waals surface area contributed by atoms with Crippen molar-refractivity contribution in [3.05, 3.63) is 127 Å². The van der Waals surface area contributed by atoms with E-state index in [1.807, 2.05) is 12.4 Å². The van der Waals surface area contributed by atoms with E-state index in [9.17, 15) is 4.39 Å². The number of para-hydroxylation sites is 1. The van der Waals surface area contributed by atoms with E-state index in [1.54, 1.807) is 6.07 Å². The van der Waals surface area contributed by atoms with E-state index in [2.05, 4.69) is 85.8 Å². The molecule has 4 heteroatoms. The van der Waals surface area contributed by atoms with Crippen molar-refractivity contribution in [1.82, 2.24) is 9.97 Å². The number of fused-ring (bicyclic) bond motifs is 2. The first-order valence-electron chi connectivity index (χ1n) is 11.3. The predicted octanol–water partition coefficient (Wildman–Crippen LogP) is 7.96. The summed E-state index contributed by atoms with van der Waals surface area (Å²) >= 11 is 0. The Hall–Kier alpha value is -4.57. The molecular formula is C31H23FN2O. The summed E-state index contributed by atoms with van der Waals surface area (Å²) in [5.41, 5.74) is 5.47. The van der Waals surface area contributed by atoms with E-state index >= 15 is 0 Å². The Labute approximate surface area is 203 Å². The molecule has 0 atom stereocenters. The zero-order valence-corrected chi connectivity index (χ0v) is 19.2. The maximum Gasteiger partial charge on any atom is 0.164 e. The minimum absolute atomic E-state index is 0.299. The number of aromatic nitrogens is 2. The molecule has 2 aromatic heterocycles. The number of aryl methyl sites for hydroxylation is 1. The van der Waals surface area contributed by atoms with Crippen molar-refractivity contribution < 1.29 is 9.50 Å². The van der Waals surface area contributed by atoms with Crippen LogP contribution < -0.4 is 0 Å². The van der Waals surface area contributed by atoms with Gasteiger partial charge in [0.15, 0.2) is 11.6 Å². The molecule has 170 valence electrons. The number of phenolic OH excluding ortho intramolecular Hbond substituents is 1. The van der Waals surface area contributed by atoms with Gasteiger partial charge in [-0.2, -0.15) is 0 Å². The summed E-state index contributed by atoms with van der Waals surface area (Å²) < 4.78 is 12.1. The minimum atomic E-state index is -0.576. The first-order valence-corrected chi connectivity index (χ1v) is 11.3. The number of phenols is 1. The summed E-state index contributed by atoms with van der Waals surface area (Å²) in [6.07, 6.45) is 3.77. The largest absolute Gasteiger partial charge is 0.505 e. The zero-order chi connectivity index (χ0) is 24.2. The lowest BCUT2D eigenvalue weighted by atomic mass is 9.97. The molecule has 35 heavy (non-hydrogen) atoms. The molecule has 0 radical (unpaired) electrons. The fraction of sp³-hybridized carbons (Fsp3) is 0.0323. The fourth-order valence-electron chi connectivity index (χ4n) is 4.21. The van der Waals surface area contributed by atoms with Gasteiger partial charge in [0.2, 0.25) is 0 Å². The van der Waals surface area contributed by atoms with Gasteiger partial charge in [-0.05, 0) is 65.7 Å². The van der Waals surface area contributed by atoms with Crippen LogP contribution in [0, 0.1) is 12.7 Å². The van der Waals surface area contributed by atoms with Gasteiger partial charge < -0.3 is 5.11 Å². The maximum absolute atomic E-state index is 12.1. The lowest BCUT2D eigenvalue weighted by Crippen LogP contribution is -1.91. The molecule has 0 aliphatic heterocycles. The molecule has 1 N–H and O–H groups in total. The first kappa shape index (κ1) is 22.2. The van der Waals surface area contributed by atoms with Crippen molar-refractivity contribution in [1.29, 1.82) is 0 Å². The Kier molecular flexibility index (Phi) is 6.18. The van der Waals surface area contributed by atoms with Gasteiger partial charge in [0, 0.05) is 34.3 Å². The topological polar surface area (TPSA) is 46.0 Å². The molecule has 2 heterocycles. The second-order valence-electron chi connectivity index (χ2n) is 8.30. The van der Waals surface area contributed by atoms with Crippen LogP contribution in [-0.4, -0.2) is 15.1 Å². The lowest BCUT2D eigenvalue weighted by molar-refractivity contribution is 0.432. The number of rotatable bonds is 2. The molecule has 0 fully saturated rings. The van der Waals surface area contributed by atoms with E-state index in [1.165, 1.54) is 45.3 Å². The van der Waals surface area contributed by atoms with Gasteiger partial charge in [0.05, 0.1) is 11.4 Å². The van der Waals surface area contributed by atoms with Crippen molar-refractivity contribution in [2.45, 2.75) is 6.92 Å². The van der Waals surface area contributed by atoms with E-state index < -0.39 is 5.82 Å². The number of benzene rings is 4. The molecule has 0 bridgehead atoms. The highest BCUT2D eigenvalue weighted by Crippen LogP contribution is 2.33. The second kappa shape index (κ2) is 9.74. The van der Waals surface area contributed by atoms with Crippen LogP contribution in [0.15, 0.2) is 116 Å². The van der Waals surface area contributed by atoms with Crippen LogP contribution in [0.1, 0.15) is 5.56 Å². The smallest absolute Gasteiger partial charge is 0.164 e. The molecule has 6 rings (SSSR count). The molecule has 0 spiro atoms. The first-order chi connectivity index (χ1) is 17.1. The van der Waals surface area contributed by atoms with Crippen LogP contribution in [0.4, 0.5) is 4.39 Å². The lowest BCUT2D eigenvalue weighted by Gasteiger charge is -2.11. The van der Waals surface area contributed by atoms with Crippen molar-refractivity contribution in [2.75, 3.05) is 0 Å². The molecular weight excluding hydrogens is 435 g/mol. The van der Waals surface area contributed by atoms with E-state index in [0.29, 0.717) is 0 Å². The summed E-state index contributed by atoms with van der Waals surface area (Å²) in [6.45, 7) is 2.13. The van der Waals surface area contributed by atoms with Gasteiger partial charge in [0.1, 0.15) is 0 Å². The minimum Gasteiger partial charge on any atom is -0.505 e. The van der Waals surface area contributed by atoms with Gasteiger partial charge in [-0.3, -0.25) is 9.97 Å². The highest BCUT2D eigenvalue weighted by molar-refractivity contribution is 5.97. The molecule has 0 saturated carbocycles. The maximum atomic E-state index is 12.1. The zero-order valence-electron chi connectivity index (χ0n) is 19.2. The molecule has 4 aromatic carbocycles. The monoisotopic (exact) mass is 458 g/mol. The third-order valence-corrected chi connectivity index (χ3v) is 5.82. The van der Waals surface area contributed by atoms with Crippen LogP contribution in [0.5, 0.6) is 5.75 Å². The van der Waals surface area contributed by atoms with Crippen LogP contribution in [0.25, 0.3) is 44.1 Å². The number of pyridine rings is 2. The summed E-state index contributed by atoms with van der Waals surface area (Å²) in [5.74, 6) is -0.875. The van der Waals surface area contributed by atoms with Gasteiger partial charge >= 0.3 is 0 Å². The Morgan fingerprint density at radius 1 is 0.600 bits per heavy atom. The van der Waals surface area contributed by atoms with Crippen molar-refractivity contribution in [3.8, 4) is 28.3 Å². The van der Waals surface area contributed by atoms with Gasteiger partial charge in [-0.25, -0.2) is 4.39 Å². The molecule has 0 amide bonds. The average molecular weight is 459 g/mol. The fourth-order valence-corrected chi connectivity index (χ4v) is 4.21. The Balaban J connectivity index is 0.000000271. The highest BCUT2D eigenvalue weighted by Gasteiger charge is 2.11. The van der Waals surface area contributed by atoms with Crippen molar-refractivity contribution >= 4 is 21.5 Å². The van der Waals surface area contributed by atoms with E-state index in [0.717, 1.165) is 22.5 Å². The SMILES string of the molecule is Cc1cc(-c2nccc3ccccc23)cc(-c2nccc3ccccc23)c1.Oc1ccccc1F. The Morgan fingerprint density at radius 3 is 1.57 bits per heavy atom. The number of hydrogen-bond donors (Lipinski definition) is 1. The number of halogens is 1. The number of nitrogens with zero attached hydrogens (tertiary/aromatic N) is 2. The number of hydrogen-bond acceptors (Lipinski definition) is 3. The van der Waals surface area contributed by atoms with Gasteiger partial charge in [-0.1, -0.05) is 60.7 Å². The van der Waals surface area contributed by atoms with Gasteiger partial charge in [-0.15, -0.1) is 0 Å². The summed E-state index contributed by atoms with van der Waals surface area (Å²) in [7, 11) is 0. The van der Waals surface area contributed by atoms with Crippen LogP contribution in [0.3, 0.4) is 0 Å². The van der Waals surface area contributed by atoms with E-state index in [4.69, 9.17) is 15.1 Å². The average Bonchev–Trinajstić information content (AvgIpc) is 2.90. The summed E-state index contributed by atoms with van der Waals surface area (Å²) in [4.78, 5) is 9.39. The quantitative estimate of drug-likeness (QED) is 0.286. The van der Waals surface area contributed by atoms with Gasteiger partial charge in [0.25, 0.3) is 0 Å². The Bertz CT molecular complexity index is 1520. The van der Waals surface area contributed by atoms with Crippen LogP contribution in [-0.2, 0) is 0 Å². The molecule has 6 aromatic rings. The van der Waals surface area contributed by atoms with Crippen LogP contribution >= 0.6 is 0 Å². The molecule has 3 nitrogen and oxygen atoms in total. The predicted molar refractivity (Wildman–Crippen MR) is 141 cm³/mol.